The molecule has 2 atom stereocenters. The molecule has 0 bridgehead atoms. The number of cyclic esters (lactones) is 1. The van der Waals surface area contributed by atoms with Gasteiger partial charge in [-0.1, -0.05) is 63.2 Å². The number of esters is 1. The van der Waals surface area contributed by atoms with Gasteiger partial charge in [-0.15, -0.1) is 0 Å². The van der Waals surface area contributed by atoms with Crippen LogP contribution in [-0.2, 0) is 22.4 Å². The monoisotopic (exact) mass is 351 g/mol. The van der Waals surface area contributed by atoms with Gasteiger partial charge < -0.3 is 10.1 Å². The van der Waals surface area contributed by atoms with E-state index in [0.29, 0.717) is 12.0 Å². The van der Waals surface area contributed by atoms with Crippen LogP contribution in [0, 0.1) is 5.92 Å². The number of hydrogen-bond acceptors (Lipinski definition) is 3. The van der Waals surface area contributed by atoms with Crippen molar-refractivity contribution in [3.8, 4) is 0 Å². The van der Waals surface area contributed by atoms with Gasteiger partial charge in [-0.3, -0.25) is 4.79 Å². The molecule has 1 amide bonds. The molecule has 0 unspecified atom stereocenters. The second-order valence-electron chi connectivity index (χ2n) is 7.08. The molecule has 1 N–H and O–H groups in total. The number of amides is 1. The van der Waals surface area contributed by atoms with E-state index in [0.717, 1.165) is 17.5 Å². The molecule has 2 aromatic carbocycles. The van der Waals surface area contributed by atoms with Gasteiger partial charge in [-0.2, -0.15) is 0 Å². The lowest BCUT2D eigenvalue weighted by molar-refractivity contribution is -0.131. The van der Waals surface area contributed by atoms with Crippen LogP contribution < -0.4 is 5.32 Å². The molecular formula is C22H25NO3. The smallest absolute Gasteiger partial charge is 0.339 e. The first kappa shape index (κ1) is 18.2. The van der Waals surface area contributed by atoms with Crippen LogP contribution in [0.4, 0.5) is 0 Å². The van der Waals surface area contributed by atoms with Gasteiger partial charge in [0.15, 0.2) is 6.10 Å². The Labute approximate surface area is 154 Å². The van der Waals surface area contributed by atoms with Gasteiger partial charge in [0.2, 0.25) is 0 Å². The van der Waals surface area contributed by atoms with Crippen LogP contribution in [0.3, 0.4) is 0 Å². The Kier molecular flexibility index (Phi) is 5.40. The van der Waals surface area contributed by atoms with Crippen LogP contribution in [0.25, 0.3) is 0 Å². The van der Waals surface area contributed by atoms with E-state index in [2.05, 4.69) is 50.4 Å². The minimum absolute atomic E-state index is 0.121. The molecule has 1 aliphatic heterocycles. The largest absolute Gasteiger partial charge is 0.448 e. The lowest BCUT2D eigenvalue weighted by atomic mass is 9.93. The minimum Gasteiger partial charge on any atom is -0.448 e. The first-order chi connectivity index (χ1) is 12.5. The van der Waals surface area contributed by atoms with E-state index in [4.69, 9.17) is 4.74 Å². The van der Waals surface area contributed by atoms with Gasteiger partial charge in [0.25, 0.3) is 5.91 Å². The fourth-order valence-corrected chi connectivity index (χ4v) is 3.32. The van der Waals surface area contributed by atoms with Crippen LogP contribution in [0.15, 0.2) is 48.5 Å². The number of fused-ring (bicyclic) bond motifs is 1. The summed E-state index contributed by atoms with van der Waals surface area (Å²) in [4.78, 5) is 24.9. The molecule has 1 aliphatic rings. The molecule has 0 aliphatic carbocycles. The molecule has 136 valence electrons. The van der Waals surface area contributed by atoms with Crippen molar-refractivity contribution in [3.05, 3.63) is 70.8 Å². The summed E-state index contributed by atoms with van der Waals surface area (Å²) in [6, 6.07) is 15.5. The van der Waals surface area contributed by atoms with Gasteiger partial charge in [0, 0.05) is 6.42 Å². The molecule has 0 spiro atoms. The third-order valence-corrected chi connectivity index (χ3v) is 4.90. The Balaban J connectivity index is 1.75. The van der Waals surface area contributed by atoms with Crippen molar-refractivity contribution in [2.45, 2.75) is 45.8 Å². The van der Waals surface area contributed by atoms with Crippen molar-refractivity contribution in [2.24, 2.45) is 5.92 Å². The van der Waals surface area contributed by atoms with Crippen molar-refractivity contribution >= 4 is 11.9 Å². The fourth-order valence-electron chi connectivity index (χ4n) is 3.32. The summed E-state index contributed by atoms with van der Waals surface area (Å²) in [5, 5.41) is 3.08. The van der Waals surface area contributed by atoms with E-state index in [1.807, 2.05) is 12.1 Å². The van der Waals surface area contributed by atoms with Crippen molar-refractivity contribution in [1.82, 2.24) is 5.32 Å². The zero-order valence-corrected chi connectivity index (χ0v) is 15.5. The summed E-state index contributed by atoms with van der Waals surface area (Å²) >= 11 is 0. The number of nitrogens with one attached hydrogen (secondary N) is 1. The summed E-state index contributed by atoms with van der Waals surface area (Å²) < 4.78 is 5.38. The maximum atomic E-state index is 12.8. The zero-order valence-electron chi connectivity index (χ0n) is 15.5. The van der Waals surface area contributed by atoms with E-state index in [1.165, 1.54) is 5.56 Å². The maximum absolute atomic E-state index is 12.8. The first-order valence-electron chi connectivity index (χ1n) is 9.17. The second-order valence-corrected chi connectivity index (χ2v) is 7.08. The predicted octanol–water partition coefficient (Wildman–Crippen LogP) is 3.84. The summed E-state index contributed by atoms with van der Waals surface area (Å²) in [6.07, 6.45) is 0.609. The number of aryl methyl sites for hydroxylation is 1. The second kappa shape index (κ2) is 7.73. The number of rotatable bonds is 5. The molecular weight excluding hydrogens is 326 g/mol. The lowest BCUT2D eigenvalue weighted by Gasteiger charge is -2.28. The molecule has 1 heterocycles. The third kappa shape index (κ3) is 3.79. The minimum atomic E-state index is -0.784. The summed E-state index contributed by atoms with van der Waals surface area (Å²) in [5.41, 5.74) is 3.73. The quantitative estimate of drug-likeness (QED) is 0.833. The molecule has 2 aromatic rings. The number of carbonyl (C=O) groups excluding carboxylic acids is 2. The van der Waals surface area contributed by atoms with Crippen LogP contribution >= 0.6 is 0 Å². The summed E-state index contributed by atoms with van der Waals surface area (Å²) in [5.74, 6) is -0.454. The van der Waals surface area contributed by atoms with E-state index in [1.54, 1.807) is 12.1 Å². The highest BCUT2D eigenvalue weighted by molar-refractivity contribution is 5.95. The molecule has 0 radical (unpaired) electrons. The molecule has 0 saturated heterocycles. The van der Waals surface area contributed by atoms with Crippen molar-refractivity contribution in [2.75, 3.05) is 0 Å². The Morgan fingerprint density at radius 1 is 1.15 bits per heavy atom. The highest BCUT2D eigenvalue weighted by atomic mass is 16.5. The van der Waals surface area contributed by atoms with Crippen molar-refractivity contribution < 1.29 is 14.3 Å². The Morgan fingerprint density at radius 3 is 2.50 bits per heavy atom. The highest BCUT2D eigenvalue weighted by Crippen LogP contribution is 2.25. The average molecular weight is 351 g/mol. The maximum Gasteiger partial charge on any atom is 0.339 e. The molecule has 0 aromatic heterocycles. The van der Waals surface area contributed by atoms with Gasteiger partial charge >= 0.3 is 5.97 Å². The van der Waals surface area contributed by atoms with Crippen LogP contribution in [0.5, 0.6) is 0 Å². The van der Waals surface area contributed by atoms with Crippen molar-refractivity contribution in [3.63, 3.8) is 0 Å². The number of hydrogen-bond donors (Lipinski definition) is 1. The van der Waals surface area contributed by atoms with E-state index >= 15 is 0 Å². The Hall–Kier alpha value is -2.62. The summed E-state index contributed by atoms with van der Waals surface area (Å²) in [7, 11) is 0. The number of carbonyl (C=O) groups is 2. The van der Waals surface area contributed by atoms with E-state index < -0.39 is 12.1 Å². The SMILES string of the molecule is CCc1ccc([C@@H](NC(=O)[C@H]2Cc3ccccc3C(=O)O2)C(C)C)cc1. The van der Waals surface area contributed by atoms with Gasteiger partial charge in [-0.05, 0) is 35.1 Å². The molecule has 3 rings (SSSR count). The Morgan fingerprint density at radius 2 is 1.85 bits per heavy atom. The molecule has 26 heavy (non-hydrogen) atoms. The normalized spacial score (nSPS) is 17.4. The fraction of sp³-hybridized carbons (Fsp3) is 0.364. The van der Waals surface area contributed by atoms with Gasteiger partial charge in [0.1, 0.15) is 0 Å². The summed E-state index contributed by atoms with van der Waals surface area (Å²) in [6.45, 7) is 6.26. The number of benzene rings is 2. The molecule has 4 nitrogen and oxygen atoms in total. The number of ether oxygens (including phenoxy) is 1. The molecule has 4 heteroatoms. The van der Waals surface area contributed by atoms with Gasteiger partial charge in [0.05, 0.1) is 11.6 Å². The predicted molar refractivity (Wildman–Crippen MR) is 101 cm³/mol. The zero-order chi connectivity index (χ0) is 18.7. The van der Waals surface area contributed by atoms with Crippen LogP contribution in [0.1, 0.15) is 53.9 Å². The third-order valence-electron chi connectivity index (χ3n) is 4.90. The van der Waals surface area contributed by atoms with E-state index in [-0.39, 0.29) is 17.9 Å². The lowest BCUT2D eigenvalue weighted by Crippen LogP contribution is -2.44. The van der Waals surface area contributed by atoms with Crippen molar-refractivity contribution in [1.29, 1.82) is 0 Å². The topological polar surface area (TPSA) is 55.4 Å². The van der Waals surface area contributed by atoms with Crippen LogP contribution in [-0.4, -0.2) is 18.0 Å². The van der Waals surface area contributed by atoms with Gasteiger partial charge in [-0.25, -0.2) is 4.79 Å². The highest BCUT2D eigenvalue weighted by Gasteiger charge is 2.32. The average Bonchev–Trinajstić information content (AvgIpc) is 2.65. The first-order valence-corrected chi connectivity index (χ1v) is 9.17. The molecule has 0 saturated carbocycles. The van der Waals surface area contributed by atoms with Crippen LogP contribution in [0.2, 0.25) is 0 Å². The van der Waals surface area contributed by atoms with E-state index in [9.17, 15) is 9.59 Å². The molecule has 0 fully saturated rings. The standard InChI is InChI=1S/C22H25NO3/c1-4-15-9-11-16(12-10-15)20(14(2)3)23-21(24)19-13-17-7-5-6-8-18(17)22(25)26-19/h5-12,14,19-20H,4,13H2,1-3H3,(H,23,24)/t19-,20+/m1/s1. The Bertz CT molecular complexity index is 795.